The van der Waals surface area contributed by atoms with Gasteiger partial charge in [0.1, 0.15) is 5.75 Å². The molecule has 7 heteroatoms. The zero-order valence-corrected chi connectivity index (χ0v) is 20.5. The largest absolute Gasteiger partial charge is 0.493 e. The third kappa shape index (κ3) is 7.70. The summed E-state index contributed by atoms with van der Waals surface area (Å²) in [4.78, 5) is 26.4. The van der Waals surface area contributed by atoms with E-state index in [1.807, 2.05) is 25.1 Å². The molecule has 2 aromatic rings. The van der Waals surface area contributed by atoms with Crippen LogP contribution in [0.1, 0.15) is 55.6 Å². The molecule has 7 nitrogen and oxygen atoms in total. The number of hydrogen-bond acceptors (Lipinski definition) is 5. The number of nitrogens with one attached hydrogen (secondary N) is 1. The molecular weight excluding hydrogens is 420 g/mol. The van der Waals surface area contributed by atoms with Gasteiger partial charge in [-0.25, -0.2) is 0 Å². The molecular formula is C26H36N2O5. The maximum absolute atomic E-state index is 13.0. The van der Waals surface area contributed by atoms with Crippen molar-refractivity contribution < 1.29 is 23.8 Å². The Bertz CT molecular complexity index is 927. The van der Waals surface area contributed by atoms with Crippen LogP contribution >= 0.6 is 0 Å². The summed E-state index contributed by atoms with van der Waals surface area (Å²) < 4.78 is 17.0. The Morgan fingerprint density at radius 3 is 2.36 bits per heavy atom. The average molecular weight is 457 g/mol. The fourth-order valence-electron chi connectivity index (χ4n) is 3.14. The fourth-order valence-corrected chi connectivity index (χ4v) is 3.14. The van der Waals surface area contributed by atoms with Gasteiger partial charge in [0.05, 0.1) is 19.8 Å². The second-order valence-electron chi connectivity index (χ2n) is 8.45. The number of benzene rings is 2. The van der Waals surface area contributed by atoms with Gasteiger partial charge in [-0.1, -0.05) is 39.0 Å². The van der Waals surface area contributed by atoms with E-state index in [0.29, 0.717) is 41.8 Å². The number of methoxy groups -OCH3 is 1. The van der Waals surface area contributed by atoms with Gasteiger partial charge >= 0.3 is 0 Å². The normalized spacial score (nSPS) is 11.6. The predicted octanol–water partition coefficient (Wildman–Crippen LogP) is 4.47. The number of hydrogen-bond donors (Lipinski definition) is 1. The van der Waals surface area contributed by atoms with Crippen LogP contribution in [0.15, 0.2) is 42.5 Å². The summed E-state index contributed by atoms with van der Waals surface area (Å²) in [7, 11) is 4.92. The van der Waals surface area contributed by atoms with Crippen LogP contribution in [0.25, 0.3) is 0 Å². The number of para-hydroxylation sites is 1. The SMILES string of the molecule is CCC(NC(=O)c1ccc(OCCC(C)C)c(OC)c1)c1ccccc1OCC(=O)N(C)C. The first-order valence-corrected chi connectivity index (χ1v) is 11.3. The molecule has 0 bridgehead atoms. The number of carbonyl (C=O) groups is 2. The lowest BCUT2D eigenvalue weighted by atomic mass is 10.0. The number of rotatable bonds is 12. The number of likely N-dealkylation sites (N-methyl/N-ethyl adjacent to an activating group) is 1. The zero-order valence-electron chi connectivity index (χ0n) is 20.5. The minimum Gasteiger partial charge on any atom is -0.493 e. The van der Waals surface area contributed by atoms with E-state index in [-0.39, 0.29) is 24.5 Å². The molecule has 0 heterocycles. The molecule has 0 fully saturated rings. The molecule has 180 valence electrons. The highest BCUT2D eigenvalue weighted by atomic mass is 16.5. The molecule has 0 aliphatic rings. The van der Waals surface area contributed by atoms with Crippen LogP contribution in [-0.4, -0.2) is 51.1 Å². The van der Waals surface area contributed by atoms with Crippen molar-refractivity contribution in [3.8, 4) is 17.2 Å². The topological polar surface area (TPSA) is 77.1 Å². The van der Waals surface area contributed by atoms with Crippen molar-refractivity contribution in [3.63, 3.8) is 0 Å². The summed E-state index contributed by atoms with van der Waals surface area (Å²) in [5.41, 5.74) is 1.29. The van der Waals surface area contributed by atoms with Crippen LogP contribution in [0.5, 0.6) is 17.2 Å². The summed E-state index contributed by atoms with van der Waals surface area (Å²) in [6.45, 7) is 6.79. The molecule has 0 radical (unpaired) electrons. The Hall–Kier alpha value is -3.22. The average Bonchev–Trinajstić information content (AvgIpc) is 2.80. The molecule has 0 spiro atoms. The van der Waals surface area contributed by atoms with E-state index in [9.17, 15) is 9.59 Å². The van der Waals surface area contributed by atoms with Gasteiger partial charge in [0, 0.05) is 25.2 Å². The van der Waals surface area contributed by atoms with Crippen LogP contribution in [0.2, 0.25) is 0 Å². The van der Waals surface area contributed by atoms with Crippen LogP contribution in [0.3, 0.4) is 0 Å². The highest BCUT2D eigenvalue weighted by Crippen LogP contribution is 2.30. The molecule has 1 N–H and O–H groups in total. The second-order valence-corrected chi connectivity index (χ2v) is 8.45. The minimum atomic E-state index is -0.281. The van der Waals surface area contributed by atoms with Gasteiger partial charge in [-0.05, 0) is 43.0 Å². The zero-order chi connectivity index (χ0) is 24.4. The van der Waals surface area contributed by atoms with Gasteiger partial charge in [0.2, 0.25) is 0 Å². The van der Waals surface area contributed by atoms with Crippen LogP contribution in [-0.2, 0) is 4.79 Å². The van der Waals surface area contributed by atoms with Crippen LogP contribution in [0.4, 0.5) is 0 Å². The Labute approximate surface area is 197 Å². The monoisotopic (exact) mass is 456 g/mol. The van der Waals surface area contributed by atoms with Crippen molar-refractivity contribution in [2.24, 2.45) is 5.92 Å². The summed E-state index contributed by atoms with van der Waals surface area (Å²) in [5, 5.41) is 3.07. The highest BCUT2D eigenvalue weighted by molar-refractivity contribution is 5.95. The first kappa shape index (κ1) is 26.0. The fraction of sp³-hybridized carbons (Fsp3) is 0.462. The maximum Gasteiger partial charge on any atom is 0.259 e. The van der Waals surface area contributed by atoms with Crippen molar-refractivity contribution in [1.29, 1.82) is 0 Å². The van der Waals surface area contributed by atoms with Crippen LogP contribution in [0, 0.1) is 5.92 Å². The lowest BCUT2D eigenvalue weighted by Gasteiger charge is -2.21. The molecule has 1 atom stereocenters. The van der Waals surface area contributed by atoms with E-state index < -0.39 is 0 Å². The molecule has 0 aliphatic carbocycles. The number of nitrogens with zero attached hydrogens (tertiary/aromatic N) is 1. The van der Waals surface area contributed by atoms with Crippen molar-refractivity contribution in [2.75, 3.05) is 34.4 Å². The van der Waals surface area contributed by atoms with E-state index in [4.69, 9.17) is 14.2 Å². The molecule has 2 rings (SSSR count). The van der Waals surface area contributed by atoms with Crippen molar-refractivity contribution >= 4 is 11.8 Å². The molecule has 0 aliphatic heterocycles. The van der Waals surface area contributed by atoms with Crippen molar-refractivity contribution in [1.82, 2.24) is 10.2 Å². The number of ether oxygens (including phenoxy) is 3. The lowest BCUT2D eigenvalue weighted by Crippen LogP contribution is -2.30. The van der Waals surface area contributed by atoms with E-state index in [2.05, 4.69) is 19.2 Å². The summed E-state index contributed by atoms with van der Waals surface area (Å²) >= 11 is 0. The smallest absolute Gasteiger partial charge is 0.259 e. The Morgan fingerprint density at radius 1 is 1.00 bits per heavy atom. The first-order chi connectivity index (χ1) is 15.8. The molecule has 2 amide bonds. The summed E-state index contributed by atoms with van der Waals surface area (Å²) in [5.74, 6) is 1.89. The third-order valence-corrected chi connectivity index (χ3v) is 5.24. The molecule has 0 aromatic heterocycles. The van der Waals surface area contributed by atoms with Gasteiger partial charge in [-0.2, -0.15) is 0 Å². The van der Waals surface area contributed by atoms with Gasteiger partial charge < -0.3 is 24.4 Å². The van der Waals surface area contributed by atoms with E-state index in [1.165, 1.54) is 4.90 Å². The van der Waals surface area contributed by atoms with E-state index >= 15 is 0 Å². The van der Waals surface area contributed by atoms with Gasteiger partial charge in [-0.15, -0.1) is 0 Å². The predicted molar refractivity (Wildman–Crippen MR) is 129 cm³/mol. The second kappa shape index (κ2) is 12.7. The Kier molecular flexibility index (Phi) is 10.0. The molecule has 0 saturated carbocycles. The number of carbonyl (C=O) groups excluding carboxylic acids is 2. The molecule has 0 saturated heterocycles. The standard InChI is InChI=1S/C26H36N2O5/c1-7-21(20-10-8-9-11-22(20)33-17-25(29)28(4)5)27-26(30)19-12-13-23(24(16-19)31-6)32-15-14-18(2)3/h8-13,16,18,21H,7,14-15,17H2,1-6H3,(H,27,30). The van der Waals surface area contributed by atoms with Gasteiger partial charge in [-0.3, -0.25) is 9.59 Å². The molecule has 1 unspecified atom stereocenters. The first-order valence-electron chi connectivity index (χ1n) is 11.3. The summed E-state index contributed by atoms with van der Waals surface area (Å²) in [6.07, 6.45) is 1.59. The lowest BCUT2D eigenvalue weighted by molar-refractivity contribution is -0.130. The Balaban J connectivity index is 2.14. The van der Waals surface area contributed by atoms with E-state index in [0.717, 1.165) is 12.0 Å². The highest BCUT2D eigenvalue weighted by Gasteiger charge is 2.20. The van der Waals surface area contributed by atoms with Crippen molar-refractivity contribution in [2.45, 2.75) is 39.7 Å². The van der Waals surface area contributed by atoms with Gasteiger partial charge in [0.15, 0.2) is 18.1 Å². The summed E-state index contributed by atoms with van der Waals surface area (Å²) in [6, 6.07) is 12.3. The molecule has 2 aromatic carbocycles. The van der Waals surface area contributed by atoms with Crippen molar-refractivity contribution in [3.05, 3.63) is 53.6 Å². The number of amides is 2. The Morgan fingerprint density at radius 2 is 1.73 bits per heavy atom. The quantitative estimate of drug-likeness (QED) is 0.510. The van der Waals surface area contributed by atoms with Crippen LogP contribution < -0.4 is 19.5 Å². The van der Waals surface area contributed by atoms with E-state index in [1.54, 1.807) is 45.5 Å². The minimum absolute atomic E-state index is 0.0656. The van der Waals surface area contributed by atoms with Gasteiger partial charge in [0.25, 0.3) is 11.8 Å². The third-order valence-electron chi connectivity index (χ3n) is 5.24. The maximum atomic E-state index is 13.0. The molecule has 33 heavy (non-hydrogen) atoms.